The number of hydrogen-bond donors (Lipinski definition) is 0. The minimum absolute atomic E-state index is 0.276. The Morgan fingerprint density at radius 2 is 1.43 bits per heavy atom. The molecule has 3 heterocycles. The third-order valence-electron chi connectivity index (χ3n) is 7.44. The molecule has 1 aliphatic rings. The van der Waals surface area contributed by atoms with Gasteiger partial charge in [0.15, 0.2) is 6.10 Å². The van der Waals surface area contributed by atoms with Gasteiger partial charge in [0.1, 0.15) is 0 Å². The van der Waals surface area contributed by atoms with Crippen LogP contribution in [0.5, 0.6) is 0 Å². The monoisotopic (exact) mass is 491 g/mol. The Balaban J connectivity index is 1.40. The lowest BCUT2D eigenvalue weighted by Crippen LogP contribution is -2.37. The van der Waals surface area contributed by atoms with Gasteiger partial charge < -0.3 is 4.74 Å². The van der Waals surface area contributed by atoms with Gasteiger partial charge >= 0.3 is 5.97 Å². The van der Waals surface area contributed by atoms with Crippen LogP contribution in [0.1, 0.15) is 47.2 Å². The van der Waals surface area contributed by atoms with Crippen molar-refractivity contribution >= 4 is 44.6 Å². The molecule has 186 valence electrons. The molecule has 0 bridgehead atoms. The topological polar surface area (TPSA) is 64.4 Å². The molecule has 0 saturated carbocycles. The smallest absolute Gasteiger partial charge is 0.339 e. The second-order valence-electron chi connectivity index (χ2n) is 10.00. The van der Waals surface area contributed by atoms with Crippen molar-refractivity contribution in [1.82, 2.24) is 14.5 Å². The number of ether oxygens (including phenoxy) is 1. The molecular formula is C31H29N3O3. The number of carbonyl (C=O) groups is 2. The minimum Gasteiger partial charge on any atom is -0.449 e. The molecule has 0 fully saturated rings. The zero-order chi connectivity index (χ0) is 25.7. The number of fused-ring (bicyclic) bond motifs is 5. The van der Waals surface area contributed by atoms with E-state index in [9.17, 15) is 9.59 Å². The fourth-order valence-electron chi connectivity index (χ4n) is 5.50. The van der Waals surface area contributed by atoms with E-state index < -0.39 is 12.1 Å². The summed E-state index contributed by atoms with van der Waals surface area (Å²) in [6.07, 6.45) is -0.201. The van der Waals surface area contributed by atoms with Crippen LogP contribution in [0.25, 0.3) is 32.7 Å². The molecule has 2 aromatic heterocycles. The largest absolute Gasteiger partial charge is 0.449 e. The maximum Gasteiger partial charge on any atom is 0.339 e. The SMILES string of the molecule is CC(OC(=O)c1c2c(nc3ccccc13)CCN(C(C)C)C2)C(=O)n1c2ccccc2c2ccccc21. The molecule has 0 saturated heterocycles. The van der Waals surface area contributed by atoms with Crippen LogP contribution in [-0.2, 0) is 17.7 Å². The molecule has 1 aliphatic heterocycles. The molecule has 6 rings (SSSR count). The fraction of sp³-hybridized carbons (Fsp3) is 0.258. The van der Waals surface area contributed by atoms with Crippen molar-refractivity contribution in [3.05, 3.63) is 89.6 Å². The van der Waals surface area contributed by atoms with Crippen molar-refractivity contribution in [2.24, 2.45) is 0 Å². The van der Waals surface area contributed by atoms with Crippen molar-refractivity contribution in [2.45, 2.75) is 45.9 Å². The predicted octanol–water partition coefficient (Wildman–Crippen LogP) is 5.99. The molecule has 0 aliphatic carbocycles. The average molecular weight is 492 g/mol. The highest BCUT2D eigenvalue weighted by Crippen LogP contribution is 2.31. The van der Waals surface area contributed by atoms with Crippen LogP contribution in [0.3, 0.4) is 0 Å². The number of nitrogens with zero attached hydrogens (tertiary/aromatic N) is 3. The summed E-state index contributed by atoms with van der Waals surface area (Å²) in [5.41, 5.74) is 4.73. The number of aromatic nitrogens is 2. The van der Waals surface area contributed by atoms with E-state index in [0.29, 0.717) is 18.2 Å². The summed E-state index contributed by atoms with van der Waals surface area (Å²) in [6.45, 7) is 7.49. The van der Waals surface area contributed by atoms with Gasteiger partial charge in [-0.25, -0.2) is 4.79 Å². The zero-order valence-corrected chi connectivity index (χ0v) is 21.3. The van der Waals surface area contributed by atoms with Gasteiger partial charge in [0, 0.05) is 53.0 Å². The van der Waals surface area contributed by atoms with Gasteiger partial charge in [-0.05, 0) is 39.0 Å². The van der Waals surface area contributed by atoms with E-state index >= 15 is 0 Å². The molecule has 1 unspecified atom stereocenters. The first-order valence-corrected chi connectivity index (χ1v) is 12.8. The highest BCUT2D eigenvalue weighted by Gasteiger charge is 2.30. The first-order chi connectivity index (χ1) is 17.9. The molecule has 1 atom stereocenters. The number of carbonyl (C=O) groups excluding carboxylic acids is 2. The summed E-state index contributed by atoms with van der Waals surface area (Å²) in [7, 11) is 0. The first kappa shape index (κ1) is 23.4. The van der Waals surface area contributed by atoms with Crippen LogP contribution in [0.15, 0.2) is 72.8 Å². The summed E-state index contributed by atoms with van der Waals surface area (Å²) < 4.78 is 7.60. The lowest BCUT2D eigenvalue weighted by molar-refractivity contribution is 0.0287. The van der Waals surface area contributed by atoms with Gasteiger partial charge in [0.2, 0.25) is 0 Å². The summed E-state index contributed by atoms with van der Waals surface area (Å²) >= 11 is 0. The fourth-order valence-corrected chi connectivity index (χ4v) is 5.50. The van der Waals surface area contributed by atoms with E-state index in [1.54, 1.807) is 11.5 Å². The third kappa shape index (κ3) is 3.89. The Morgan fingerprint density at radius 3 is 2.08 bits per heavy atom. The Kier molecular flexibility index (Phi) is 5.76. The van der Waals surface area contributed by atoms with E-state index in [-0.39, 0.29) is 5.91 Å². The number of esters is 1. The highest BCUT2D eigenvalue weighted by molar-refractivity contribution is 6.14. The van der Waals surface area contributed by atoms with Gasteiger partial charge in [-0.3, -0.25) is 19.2 Å². The molecule has 6 nitrogen and oxygen atoms in total. The van der Waals surface area contributed by atoms with Crippen LogP contribution in [0.2, 0.25) is 0 Å². The molecule has 5 aromatic rings. The zero-order valence-electron chi connectivity index (χ0n) is 21.3. The van der Waals surface area contributed by atoms with Crippen LogP contribution >= 0.6 is 0 Å². The molecule has 0 N–H and O–H groups in total. The van der Waals surface area contributed by atoms with Gasteiger partial charge in [0.05, 0.1) is 22.1 Å². The number of hydrogen-bond acceptors (Lipinski definition) is 5. The molecule has 6 heteroatoms. The first-order valence-electron chi connectivity index (χ1n) is 12.8. The number of benzene rings is 3. The quantitative estimate of drug-likeness (QED) is 0.289. The third-order valence-corrected chi connectivity index (χ3v) is 7.44. The van der Waals surface area contributed by atoms with Gasteiger partial charge in [0.25, 0.3) is 5.91 Å². The summed E-state index contributed by atoms with van der Waals surface area (Å²) in [5.74, 6) is -0.760. The molecule has 3 aromatic carbocycles. The van der Waals surface area contributed by atoms with Gasteiger partial charge in [-0.1, -0.05) is 54.6 Å². The second-order valence-corrected chi connectivity index (χ2v) is 10.00. The van der Waals surface area contributed by atoms with Crippen molar-refractivity contribution in [3.8, 4) is 0 Å². The van der Waals surface area contributed by atoms with E-state index in [1.807, 2.05) is 72.8 Å². The summed E-state index contributed by atoms with van der Waals surface area (Å²) in [4.78, 5) is 34.8. The number of rotatable bonds is 4. The number of pyridine rings is 1. The van der Waals surface area contributed by atoms with E-state index in [1.165, 1.54) is 0 Å². The lowest BCUT2D eigenvalue weighted by Gasteiger charge is -2.32. The maximum atomic E-state index is 13.8. The second kappa shape index (κ2) is 9.12. The lowest BCUT2D eigenvalue weighted by atomic mass is 9.95. The summed E-state index contributed by atoms with van der Waals surface area (Å²) in [6, 6.07) is 23.6. The van der Waals surface area contributed by atoms with E-state index in [0.717, 1.165) is 56.9 Å². The summed E-state index contributed by atoms with van der Waals surface area (Å²) in [5, 5.41) is 2.74. The van der Waals surface area contributed by atoms with Gasteiger partial charge in [-0.2, -0.15) is 0 Å². The Hall–Kier alpha value is -4.03. The molecule has 0 radical (unpaired) electrons. The minimum atomic E-state index is -0.973. The highest BCUT2D eigenvalue weighted by atomic mass is 16.5. The van der Waals surface area contributed by atoms with Crippen LogP contribution < -0.4 is 0 Å². The molecule has 37 heavy (non-hydrogen) atoms. The van der Waals surface area contributed by atoms with E-state index in [2.05, 4.69) is 18.7 Å². The standard InChI is InChI=1S/C31H29N3O3/c1-19(2)33-17-16-26-24(18-33)29(23-12-4-7-13-25(23)32-26)31(36)37-20(3)30(35)34-27-14-8-5-10-21(27)22-11-6-9-15-28(22)34/h4-15,19-20H,16-18H2,1-3H3. The van der Waals surface area contributed by atoms with Crippen LogP contribution in [0.4, 0.5) is 0 Å². The average Bonchev–Trinajstić information content (AvgIpc) is 3.25. The van der Waals surface area contributed by atoms with Crippen molar-refractivity contribution in [2.75, 3.05) is 6.54 Å². The molecular weight excluding hydrogens is 462 g/mol. The molecule has 0 amide bonds. The Bertz CT molecular complexity index is 1630. The normalized spacial score (nSPS) is 14.8. The maximum absolute atomic E-state index is 13.8. The Labute approximate surface area is 215 Å². The van der Waals surface area contributed by atoms with Crippen molar-refractivity contribution < 1.29 is 14.3 Å². The van der Waals surface area contributed by atoms with Crippen LogP contribution in [0, 0.1) is 0 Å². The number of para-hydroxylation sites is 3. The van der Waals surface area contributed by atoms with Gasteiger partial charge in [-0.15, -0.1) is 0 Å². The van der Waals surface area contributed by atoms with Crippen LogP contribution in [-0.4, -0.2) is 45.0 Å². The van der Waals surface area contributed by atoms with Crippen molar-refractivity contribution in [3.63, 3.8) is 0 Å². The molecule has 0 spiro atoms. The Morgan fingerprint density at radius 1 is 0.838 bits per heavy atom. The van der Waals surface area contributed by atoms with E-state index in [4.69, 9.17) is 9.72 Å². The van der Waals surface area contributed by atoms with Crippen molar-refractivity contribution in [1.29, 1.82) is 0 Å². The predicted molar refractivity (Wildman–Crippen MR) is 146 cm³/mol.